The standard InChI is InChI=1S/C11H19N3O4/c1-12-10(17)8-3-6-14(7-4-8)11(18)13-5-2-9(15)16/h8H,2-7H2,1H3,(H,12,17)(H,13,18)(H,15,16). The Morgan fingerprint density at radius 3 is 2.39 bits per heavy atom. The zero-order valence-electron chi connectivity index (χ0n) is 10.4. The van der Waals surface area contributed by atoms with Gasteiger partial charge in [0.05, 0.1) is 6.42 Å². The van der Waals surface area contributed by atoms with E-state index < -0.39 is 5.97 Å². The minimum atomic E-state index is -0.936. The van der Waals surface area contributed by atoms with E-state index in [1.165, 1.54) is 0 Å². The molecule has 0 unspecified atom stereocenters. The van der Waals surface area contributed by atoms with Crippen LogP contribution in [-0.2, 0) is 9.59 Å². The number of hydrogen-bond acceptors (Lipinski definition) is 3. The summed E-state index contributed by atoms with van der Waals surface area (Å²) in [6.07, 6.45) is 1.21. The minimum Gasteiger partial charge on any atom is -0.481 e. The molecular formula is C11H19N3O4. The van der Waals surface area contributed by atoms with Gasteiger partial charge in [0.15, 0.2) is 0 Å². The van der Waals surface area contributed by atoms with Gasteiger partial charge in [0.1, 0.15) is 0 Å². The van der Waals surface area contributed by atoms with Gasteiger partial charge in [0.2, 0.25) is 5.91 Å². The second kappa shape index (κ2) is 6.83. The number of nitrogens with one attached hydrogen (secondary N) is 2. The van der Waals surface area contributed by atoms with Gasteiger partial charge in [-0.15, -0.1) is 0 Å². The molecule has 18 heavy (non-hydrogen) atoms. The fourth-order valence-corrected chi connectivity index (χ4v) is 1.94. The summed E-state index contributed by atoms with van der Waals surface area (Å²) in [6, 6.07) is -0.258. The first-order valence-electron chi connectivity index (χ1n) is 6.00. The second-order valence-corrected chi connectivity index (χ2v) is 4.25. The van der Waals surface area contributed by atoms with Crippen LogP contribution in [0.25, 0.3) is 0 Å². The third-order valence-electron chi connectivity index (χ3n) is 3.01. The van der Waals surface area contributed by atoms with Crippen molar-refractivity contribution in [2.45, 2.75) is 19.3 Å². The summed E-state index contributed by atoms with van der Waals surface area (Å²) in [7, 11) is 1.60. The van der Waals surface area contributed by atoms with E-state index >= 15 is 0 Å². The van der Waals surface area contributed by atoms with Crippen molar-refractivity contribution in [2.24, 2.45) is 5.92 Å². The fourth-order valence-electron chi connectivity index (χ4n) is 1.94. The predicted molar refractivity (Wildman–Crippen MR) is 64.0 cm³/mol. The summed E-state index contributed by atoms with van der Waals surface area (Å²) in [6.45, 7) is 1.18. The molecule has 3 amide bonds. The quantitative estimate of drug-likeness (QED) is 0.640. The number of nitrogens with zero attached hydrogens (tertiary/aromatic N) is 1. The third kappa shape index (κ3) is 4.23. The normalized spacial score (nSPS) is 16.2. The Bertz CT molecular complexity index is 324. The number of carboxylic acid groups (broad SMARTS) is 1. The summed E-state index contributed by atoms with van der Waals surface area (Å²) in [5.74, 6) is -0.951. The maximum Gasteiger partial charge on any atom is 0.317 e. The number of hydrogen-bond donors (Lipinski definition) is 3. The molecule has 0 aromatic heterocycles. The number of aliphatic carboxylic acids is 1. The lowest BCUT2D eigenvalue weighted by Crippen LogP contribution is -2.46. The van der Waals surface area contributed by atoms with Crippen LogP contribution in [0.15, 0.2) is 0 Å². The van der Waals surface area contributed by atoms with Crippen LogP contribution >= 0.6 is 0 Å². The summed E-state index contributed by atoms with van der Waals surface area (Å²) >= 11 is 0. The molecular weight excluding hydrogens is 238 g/mol. The predicted octanol–water partition coefficient (Wildman–Crippen LogP) is -0.371. The lowest BCUT2D eigenvalue weighted by molar-refractivity contribution is -0.136. The number of piperidine rings is 1. The lowest BCUT2D eigenvalue weighted by atomic mass is 9.96. The van der Waals surface area contributed by atoms with E-state index in [0.29, 0.717) is 25.9 Å². The molecule has 3 N–H and O–H groups in total. The molecule has 1 saturated heterocycles. The molecule has 0 radical (unpaired) electrons. The Morgan fingerprint density at radius 1 is 1.28 bits per heavy atom. The highest BCUT2D eigenvalue weighted by Crippen LogP contribution is 2.17. The van der Waals surface area contributed by atoms with Crippen molar-refractivity contribution in [3.05, 3.63) is 0 Å². The van der Waals surface area contributed by atoms with Gasteiger partial charge in [0.25, 0.3) is 0 Å². The maximum atomic E-state index is 11.6. The number of urea groups is 1. The number of likely N-dealkylation sites (tertiary alicyclic amines) is 1. The van der Waals surface area contributed by atoms with Crippen molar-refractivity contribution < 1.29 is 19.5 Å². The number of rotatable bonds is 4. The summed E-state index contributed by atoms with van der Waals surface area (Å²) in [5.41, 5.74) is 0. The van der Waals surface area contributed by atoms with Crippen molar-refractivity contribution in [1.29, 1.82) is 0 Å². The van der Waals surface area contributed by atoms with Crippen molar-refractivity contribution in [1.82, 2.24) is 15.5 Å². The zero-order chi connectivity index (χ0) is 13.5. The third-order valence-corrected chi connectivity index (χ3v) is 3.01. The molecule has 1 heterocycles. The van der Waals surface area contributed by atoms with Gasteiger partial charge in [-0.1, -0.05) is 0 Å². The van der Waals surface area contributed by atoms with Crippen LogP contribution in [0.2, 0.25) is 0 Å². The Balaban J connectivity index is 2.27. The lowest BCUT2D eigenvalue weighted by Gasteiger charge is -2.31. The van der Waals surface area contributed by atoms with E-state index in [9.17, 15) is 14.4 Å². The van der Waals surface area contributed by atoms with Crippen molar-refractivity contribution in [3.63, 3.8) is 0 Å². The van der Waals surface area contributed by atoms with Gasteiger partial charge in [-0.25, -0.2) is 4.79 Å². The summed E-state index contributed by atoms with van der Waals surface area (Å²) in [5, 5.41) is 13.6. The Morgan fingerprint density at radius 2 is 1.89 bits per heavy atom. The molecule has 0 spiro atoms. The molecule has 0 saturated carbocycles. The van der Waals surface area contributed by atoms with E-state index in [4.69, 9.17) is 5.11 Å². The van der Waals surface area contributed by atoms with E-state index in [0.717, 1.165) is 0 Å². The molecule has 1 aliphatic heterocycles. The number of carbonyl (C=O) groups is 3. The van der Waals surface area contributed by atoms with Crippen LogP contribution in [0.1, 0.15) is 19.3 Å². The van der Waals surface area contributed by atoms with Gasteiger partial charge in [0, 0.05) is 32.6 Å². The first kappa shape index (κ1) is 14.3. The molecule has 0 aliphatic carbocycles. The first-order valence-corrected chi connectivity index (χ1v) is 6.00. The largest absolute Gasteiger partial charge is 0.481 e. The molecule has 1 rings (SSSR count). The molecule has 1 aliphatic rings. The van der Waals surface area contributed by atoms with E-state index in [-0.39, 0.29) is 30.8 Å². The molecule has 0 atom stereocenters. The van der Waals surface area contributed by atoms with E-state index in [2.05, 4.69) is 10.6 Å². The van der Waals surface area contributed by atoms with Gasteiger partial charge >= 0.3 is 12.0 Å². The Kier molecular flexibility index (Phi) is 5.41. The summed E-state index contributed by atoms with van der Waals surface area (Å²) < 4.78 is 0. The van der Waals surface area contributed by atoms with Crippen LogP contribution in [-0.4, -0.2) is 54.6 Å². The Hall–Kier alpha value is -1.79. The highest BCUT2D eigenvalue weighted by Gasteiger charge is 2.26. The van der Waals surface area contributed by atoms with Gasteiger partial charge < -0.3 is 20.6 Å². The molecule has 0 aromatic rings. The highest BCUT2D eigenvalue weighted by molar-refractivity contribution is 5.79. The highest BCUT2D eigenvalue weighted by atomic mass is 16.4. The van der Waals surface area contributed by atoms with E-state index in [1.54, 1.807) is 11.9 Å². The average Bonchev–Trinajstić information content (AvgIpc) is 2.37. The topological polar surface area (TPSA) is 98.7 Å². The van der Waals surface area contributed by atoms with Crippen LogP contribution in [0.3, 0.4) is 0 Å². The summed E-state index contributed by atoms with van der Waals surface area (Å²) in [4.78, 5) is 35.0. The Labute approximate surface area is 106 Å². The maximum absolute atomic E-state index is 11.6. The number of amides is 3. The van der Waals surface area contributed by atoms with Crippen LogP contribution in [0.4, 0.5) is 4.79 Å². The van der Waals surface area contributed by atoms with Crippen molar-refractivity contribution >= 4 is 17.9 Å². The second-order valence-electron chi connectivity index (χ2n) is 4.25. The van der Waals surface area contributed by atoms with Crippen LogP contribution in [0.5, 0.6) is 0 Å². The molecule has 102 valence electrons. The van der Waals surface area contributed by atoms with Crippen molar-refractivity contribution in [3.8, 4) is 0 Å². The minimum absolute atomic E-state index is 0.0148. The smallest absolute Gasteiger partial charge is 0.317 e. The molecule has 0 aromatic carbocycles. The van der Waals surface area contributed by atoms with Gasteiger partial charge in [-0.2, -0.15) is 0 Å². The monoisotopic (exact) mass is 257 g/mol. The molecule has 0 bridgehead atoms. The average molecular weight is 257 g/mol. The van der Waals surface area contributed by atoms with Crippen LogP contribution in [0, 0.1) is 5.92 Å². The van der Waals surface area contributed by atoms with Crippen LogP contribution < -0.4 is 10.6 Å². The number of carbonyl (C=O) groups excluding carboxylic acids is 2. The molecule has 7 heteroatoms. The van der Waals surface area contributed by atoms with Crippen molar-refractivity contribution in [2.75, 3.05) is 26.7 Å². The zero-order valence-corrected chi connectivity index (χ0v) is 10.4. The van der Waals surface area contributed by atoms with E-state index in [1.807, 2.05) is 0 Å². The first-order chi connectivity index (χ1) is 8.54. The molecule has 1 fully saturated rings. The SMILES string of the molecule is CNC(=O)C1CCN(C(=O)NCCC(=O)O)CC1. The van der Waals surface area contributed by atoms with Gasteiger partial charge in [-0.3, -0.25) is 9.59 Å². The van der Waals surface area contributed by atoms with Gasteiger partial charge in [-0.05, 0) is 12.8 Å². The number of carboxylic acids is 1. The fraction of sp³-hybridized carbons (Fsp3) is 0.727. The molecule has 7 nitrogen and oxygen atoms in total.